The van der Waals surface area contributed by atoms with E-state index in [0.717, 1.165) is 17.7 Å². The molecule has 0 saturated carbocycles. The minimum atomic E-state index is -0.738. The maximum atomic E-state index is 14.5. The number of anilines is 1. The normalized spacial score (nSPS) is 18.2. The number of esters is 1. The third-order valence-corrected chi connectivity index (χ3v) is 7.76. The summed E-state index contributed by atoms with van der Waals surface area (Å²) in [4.78, 5) is 21.2. The molecule has 224 valence electrons. The van der Waals surface area contributed by atoms with Gasteiger partial charge in [0.2, 0.25) is 0 Å². The molecule has 0 aliphatic carbocycles. The van der Waals surface area contributed by atoms with Gasteiger partial charge in [-0.1, -0.05) is 31.9 Å². The van der Waals surface area contributed by atoms with Crippen LogP contribution in [0.2, 0.25) is 5.15 Å². The summed E-state index contributed by atoms with van der Waals surface area (Å²) in [6, 6.07) is 5.45. The third-order valence-electron chi connectivity index (χ3n) is 7.45. The van der Waals surface area contributed by atoms with Gasteiger partial charge in [-0.3, -0.25) is 14.5 Å². The third kappa shape index (κ3) is 6.42. The molecule has 1 aliphatic rings. The van der Waals surface area contributed by atoms with Crippen LogP contribution in [0.3, 0.4) is 0 Å². The molecular weight excluding hydrogens is 561 g/mol. The number of carbonyl (C=O) groups is 1. The van der Waals surface area contributed by atoms with Crippen LogP contribution in [-0.4, -0.2) is 46.8 Å². The molecule has 42 heavy (non-hydrogen) atoms. The van der Waals surface area contributed by atoms with Crippen LogP contribution < -0.4 is 21.5 Å². The summed E-state index contributed by atoms with van der Waals surface area (Å²) in [5.74, 6) is -0.302. The van der Waals surface area contributed by atoms with E-state index in [2.05, 4.69) is 20.4 Å². The van der Waals surface area contributed by atoms with Crippen molar-refractivity contribution in [3.63, 3.8) is 0 Å². The zero-order valence-electron chi connectivity index (χ0n) is 24.4. The quantitative estimate of drug-likeness (QED) is 0.185. The highest BCUT2D eigenvalue weighted by Gasteiger charge is 2.26. The highest BCUT2D eigenvalue weighted by Crippen LogP contribution is 2.38. The first-order valence-corrected chi connectivity index (χ1v) is 14.3. The van der Waals surface area contributed by atoms with Crippen molar-refractivity contribution in [2.45, 2.75) is 59.2 Å². The molecule has 3 unspecified atom stereocenters. The van der Waals surface area contributed by atoms with Crippen molar-refractivity contribution < 1.29 is 18.7 Å². The van der Waals surface area contributed by atoms with Crippen LogP contribution in [0.1, 0.15) is 56.9 Å². The van der Waals surface area contributed by atoms with Gasteiger partial charge in [0, 0.05) is 60.4 Å². The molecule has 4 rings (SSSR count). The number of carbonyl (C=O) groups excluding carboxylic acids is 1. The number of hydrogen-bond donors (Lipinski definition) is 3. The maximum Gasteiger partial charge on any atom is 0.324 e. The molecule has 3 atom stereocenters. The van der Waals surface area contributed by atoms with E-state index in [-0.39, 0.29) is 12.6 Å². The van der Waals surface area contributed by atoms with E-state index in [1.165, 1.54) is 12.1 Å². The van der Waals surface area contributed by atoms with E-state index in [0.29, 0.717) is 57.6 Å². The Morgan fingerprint density at radius 3 is 2.83 bits per heavy atom. The van der Waals surface area contributed by atoms with Gasteiger partial charge < -0.3 is 26.3 Å². The first-order valence-electron chi connectivity index (χ1n) is 13.9. The standard InChI is InChI=1S/C30H37ClFN7O3/c1-6-16(3)25(33)30(40)41-15-37-29-24-11-19(14-36-29)27-23(28(31)38-39(27)7-2)10-18(13-35-5)26(34)21-9-8-20(32)12-22(21)17(4)42-24/h8-9,11-14,16-17,25H,6-7,10,15,33-34H2,1-5H3,(H,36,37)/b26-18-,35-13?. The monoisotopic (exact) mass is 597 g/mol. The van der Waals surface area contributed by atoms with Crippen molar-refractivity contribution in [2.75, 3.05) is 19.1 Å². The molecule has 5 N–H and O–H groups in total. The number of benzene rings is 1. The van der Waals surface area contributed by atoms with E-state index in [1.807, 2.05) is 26.8 Å². The highest BCUT2D eigenvalue weighted by molar-refractivity contribution is 6.30. The predicted molar refractivity (Wildman–Crippen MR) is 163 cm³/mol. The summed E-state index contributed by atoms with van der Waals surface area (Å²) >= 11 is 6.68. The van der Waals surface area contributed by atoms with Gasteiger partial charge in [-0.25, -0.2) is 9.37 Å². The van der Waals surface area contributed by atoms with Crippen molar-refractivity contribution in [1.29, 1.82) is 0 Å². The lowest BCUT2D eigenvalue weighted by atomic mass is 9.94. The smallest absolute Gasteiger partial charge is 0.324 e. The van der Waals surface area contributed by atoms with Crippen molar-refractivity contribution in [2.24, 2.45) is 22.4 Å². The lowest BCUT2D eigenvalue weighted by molar-refractivity contribution is -0.145. The molecular formula is C30H37ClFN7O3. The molecule has 0 amide bonds. The second-order valence-electron chi connectivity index (χ2n) is 10.2. The number of fused-ring (bicyclic) bond motifs is 5. The average molecular weight is 598 g/mol. The fraction of sp³-hybridized carbons (Fsp3) is 0.400. The van der Waals surface area contributed by atoms with Gasteiger partial charge in [0.1, 0.15) is 18.0 Å². The van der Waals surface area contributed by atoms with Crippen LogP contribution in [0.25, 0.3) is 17.0 Å². The van der Waals surface area contributed by atoms with Gasteiger partial charge in [-0.15, -0.1) is 0 Å². The molecule has 2 aromatic heterocycles. The summed E-state index contributed by atoms with van der Waals surface area (Å²) in [5, 5.41) is 7.88. The number of aliphatic imine (C=N–C) groups is 1. The van der Waals surface area contributed by atoms with Crippen LogP contribution in [0.5, 0.6) is 5.75 Å². The van der Waals surface area contributed by atoms with Crippen molar-refractivity contribution in [1.82, 2.24) is 14.8 Å². The highest BCUT2D eigenvalue weighted by atomic mass is 35.5. The van der Waals surface area contributed by atoms with Gasteiger partial charge in [-0.05, 0) is 49.6 Å². The number of nitrogens with one attached hydrogen (secondary N) is 1. The zero-order chi connectivity index (χ0) is 30.6. The second kappa shape index (κ2) is 13.3. The number of ether oxygens (including phenoxy) is 2. The molecule has 3 aromatic rings. The maximum absolute atomic E-state index is 14.5. The minimum Gasteiger partial charge on any atom is -0.482 e. The van der Waals surface area contributed by atoms with Crippen molar-refractivity contribution in [3.05, 3.63) is 63.7 Å². The molecule has 2 bridgehead atoms. The van der Waals surface area contributed by atoms with Crippen LogP contribution in [-0.2, 0) is 22.5 Å². The molecule has 0 radical (unpaired) electrons. The molecule has 0 spiro atoms. The van der Waals surface area contributed by atoms with E-state index in [4.69, 9.17) is 32.5 Å². The van der Waals surface area contributed by atoms with Gasteiger partial charge in [-0.2, -0.15) is 5.10 Å². The molecule has 3 heterocycles. The van der Waals surface area contributed by atoms with E-state index in [9.17, 15) is 9.18 Å². The molecule has 12 heteroatoms. The molecule has 0 saturated heterocycles. The lowest BCUT2D eigenvalue weighted by Crippen LogP contribution is -2.38. The van der Waals surface area contributed by atoms with Crippen molar-refractivity contribution >= 4 is 35.3 Å². The topological polar surface area (TPSA) is 143 Å². The number of pyridine rings is 1. The Hall–Kier alpha value is -3.96. The van der Waals surface area contributed by atoms with Gasteiger partial charge in [0.05, 0.1) is 5.69 Å². The number of hydrogen-bond acceptors (Lipinski definition) is 9. The second-order valence-corrected chi connectivity index (χ2v) is 10.6. The van der Waals surface area contributed by atoms with Crippen molar-refractivity contribution in [3.8, 4) is 17.0 Å². The Kier molecular flexibility index (Phi) is 9.85. The molecule has 1 aliphatic heterocycles. The number of aryl methyl sites for hydroxylation is 1. The Morgan fingerprint density at radius 2 is 2.14 bits per heavy atom. The van der Waals surface area contributed by atoms with Gasteiger partial charge >= 0.3 is 5.97 Å². The number of rotatable bonds is 8. The Bertz CT molecular complexity index is 1520. The molecule has 1 aromatic carbocycles. The summed E-state index contributed by atoms with van der Waals surface area (Å²) in [7, 11) is 1.66. The van der Waals surface area contributed by atoms with Crippen LogP contribution >= 0.6 is 11.6 Å². The summed E-state index contributed by atoms with van der Waals surface area (Å²) in [5.41, 5.74) is 17.2. The predicted octanol–water partition coefficient (Wildman–Crippen LogP) is 5.11. The Balaban J connectivity index is 1.83. The van der Waals surface area contributed by atoms with E-state index < -0.39 is 23.9 Å². The minimum absolute atomic E-state index is 0.0243. The summed E-state index contributed by atoms with van der Waals surface area (Å²) in [6.07, 6.45) is 3.76. The van der Waals surface area contributed by atoms with E-state index >= 15 is 0 Å². The first-order chi connectivity index (χ1) is 20.1. The van der Waals surface area contributed by atoms with Crippen LogP contribution in [0, 0.1) is 11.7 Å². The Morgan fingerprint density at radius 1 is 1.38 bits per heavy atom. The van der Waals surface area contributed by atoms with Gasteiger partial charge in [0.25, 0.3) is 0 Å². The number of aromatic nitrogens is 3. The lowest BCUT2D eigenvalue weighted by Gasteiger charge is -2.23. The first kappa shape index (κ1) is 31.0. The number of nitrogens with two attached hydrogens (primary N) is 2. The number of nitrogens with zero attached hydrogens (tertiary/aromatic N) is 4. The SMILES string of the molecule is CCC(C)C(N)C(=O)OCNc1ncc2cc1OC(C)c1cc(F)ccc1/C(N)=C(/C=NC)Cc1c(Cl)nn(CC)c1-2. The fourth-order valence-electron chi connectivity index (χ4n) is 4.83. The number of halogens is 2. The Labute approximate surface area is 249 Å². The van der Waals surface area contributed by atoms with Crippen LogP contribution in [0.4, 0.5) is 10.2 Å². The largest absolute Gasteiger partial charge is 0.482 e. The molecule has 0 fully saturated rings. The average Bonchev–Trinajstić information content (AvgIpc) is 3.30. The summed E-state index contributed by atoms with van der Waals surface area (Å²) in [6.45, 7) is 7.98. The van der Waals surface area contributed by atoms with Gasteiger partial charge in [0.15, 0.2) is 23.5 Å². The number of allylic oxidation sites excluding steroid dienone is 1. The summed E-state index contributed by atoms with van der Waals surface area (Å²) < 4.78 is 28.1. The zero-order valence-corrected chi connectivity index (χ0v) is 25.2. The molecule has 10 nitrogen and oxygen atoms in total. The van der Waals surface area contributed by atoms with E-state index in [1.54, 1.807) is 37.1 Å². The van der Waals surface area contributed by atoms with Crippen LogP contribution in [0.15, 0.2) is 41.0 Å². The fourth-order valence-corrected chi connectivity index (χ4v) is 5.08.